The number of aromatic nitrogens is 1. The molecule has 0 unspecified atom stereocenters. The molecule has 1 aliphatic rings. The lowest BCUT2D eigenvalue weighted by atomic mass is 9.94. The van der Waals surface area contributed by atoms with Crippen molar-refractivity contribution < 1.29 is 9.84 Å². The number of ether oxygens (including phenoxy) is 1. The van der Waals surface area contributed by atoms with Gasteiger partial charge in [-0.2, -0.15) is 4.37 Å². The average Bonchev–Trinajstić information content (AvgIpc) is 2.95. The summed E-state index contributed by atoms with van der Waals surface area (Å²) in [5.41, 5.74) is 0. The summed E-state index contributed by atoms with van der Waals surface area (Å²) >= 11 is 1.47. The van der Waals surface area contributed by atoms with E-state index >= 15 is 0 Å². The van der Waals surface area contributed by atoms with Crippen LogP contribution in [0.2, 0.25) is 0 Å². The molecule has 4 nitrogen and oxygen atoms in total. The van der Waals surface area contributed by atoms with Gasteiger partial charge in [0.15, 0.2) is 0 Å². The van der Waals surface area contributed by atoms with Gasteiger partial charge < -0.3 is 9.84 Å². The Morgan fingerprint density at radius 2 is 2.05 bits per heavy atom. The Labute approximate surface area is 129 Å². The maximum Gasteiger partial charge on any atom is 0.234 e. The topological polar surface area (TPSA) is 45.6 Å². The molecule has 0 spiro atoms. The van der Waals surface area contributed by atoms with Gasteiger partial charge in [0.05, 0.1) is 16.7 Å². The summed E-state index contributed by atoms with van der Waals surface area (Å²) in [5, 5.41) is 10.4. The number of rotatable bonds is 6. The Kier molecular flexibility index (Phi) is 5.06. The molecule has 0 atom stereocenters. The van der Waals surface area contributed by atoms with Crippen LogP contribution in [-0.4, -0.2) is 40.3 Å². The predicted octanol–water partition coefficient (Wildman–Crippen LogP) is 3.26. The van der Waals surface area contributed by atoms with Crippen molar-refractivity contribution >= 4 is 21.6 Å². The normalized spacial score (nSPS) is 16.7. The fourth-order valence-electron chi connectivity index (χ4n) is 3.04. The quantitative estimate of drug-likeness (QED) is 0.832. The minimum atomic E-state index is 0.178. The van der Waals surface area contributed by atoms with Gasteiger partial charge >= 0.3 is 0 Å². The third-order valence-corrected chi connectivity index (χ3v) is 5.00. The molecule has 1 N–H and O–H groups in total. The van der Waals surface area contributed by atoms with Crippen LogP contribution in [0.4, 0.5) is 0 Å². The predicted molar refractivity (Wildman–Crippen MR) is 85.8 cm³/mol. The second kappa shape index (κ2) is 7.20. The molecule has 0 bridgehead atoms. The maximum absolute atomic E-state index is 9.29. The van der Waals surface area contributed by atoms with Gasteiger partial charge in [0.25, 0.3) is 0 Å². The highest BCUT2D eigenvalue weighted by Crippen LogP contribution is 2.29. The van der Waals surface area contributed by atoms with Crippen molar-refractivity contribution in [3.05, 3.63) is 24.3 Å². The molecular weight excluding hydrogens is 284 g/mol. The Bertz CT molecular complexity index is 566. The largest absolute Gasteiger partial charge is 0.460 e. The second-order valence-electron chi connectivity index (χ2n) is 5.59. The van der Waals surface area contributed by atoms with Crippen molar-refractivity contribution in [3.63, 3.8) is 0 Å². The zero-order chi connectivity index (χ0) is 14.5. The van der Waals surface area contributed by atoms with Gasteiger partial charge in [-0.05, 0) is 36.5 Å². The highest BCUT2D eigenvalue weighted by atomic mass is 32.1. The molecule has 0 amide bonds. The lowest BCUT2D eigenvalue weighted by molar-refractivity contribution is 0.0491. The van der Waals surface area contributed by atoms with Crippen molar-refractivity contribution in [2.45, 2.75) is 38.1 Å². The Morgan fingerprint density at radius 1 is 1.24 bits per heavy atom. The number of nitrogens with zero attached hydrogens (tertiary/aromatic N) is 2. The van der Waals surface area contributed by atoms with Crippen LogP contribution < -0.4 is 4.74 Å². The van der Waals surface area contributed by atoms with Gasteiger partial charge in [0, 0.05) is 12.6 Å². The number of hydrogen-bond acceptors (Lipinski definition) is 5. The summed E-state index contributed by atoms with van der Waals surface area (Å²) in [7, 11) is 0. The van der Waals surface area contributed by atoms with Crippen molar-refractivity contribution in [1.29, 1.82) is 0 Å². The fraction of sp³-hybridized carbons (Fsp3) is 0.562. The summed E-state index contributed by atoms with van der Waals surface area (Å²) in [6.45, 7) is 1.36. The third-order valence-electron chi connectivity index (χ3n) is 4.19. The third kappa shape index (κ3) is 3.54. The number of aliphatic hydroxyl groups excluding tert-OH is 1. The fourth-order valence-corrected chi connectivity index (χ4v) is 3.76. The first-order valence-corrected chi connectivity index (χ1v) is 8.48. The van der Waals surface area contributed by atoms with Gasteiger partial charge in [0.2, 0.25) is 5.88 Å². The molecule has 1 aromatic carbocycles. The van der Waals surface area contributed by atoms with Crippen LogP contribution in [0.3, 0.4) is 0 Å². The summed E-state index contributed by atoms with van der Waals surface area (Å²) in [5.74, 6) is 0.717. The Balaban J connectivity index is 1.65. The van der Waals surface area contributed by atoms with E-state index in [-0.39, 0.29) is 6.61 Å². The molecule has 21 heavy (non-hydrogen) atoms. The average molecular weight is 306 g/mol. The van der Waals surface area contributed by atoms with Gasteiger partial charge in [0.1, 0.15) is 6.73 Å². The zero-order valence-corrected chi connectivity index (χ0v) is 13.0. The van der Waals surface area contributed by atoms with Crippen LogP contribution in [0.1, 0.15) is 32.1 Å². The van der Waals surface area contributed by atoms with Gasteiger partial charge in [-0.15, -0.1) is 0 Å². The van der Waals surface area contributed by atoms with E-state index in [9.17, 15) is 5.11 Å². The van der Waals surface area contributed by atoms with Gasteiger partial charge in [-0.25, -0.2) is 0 Å². The molecule has 1 saturated carbocycles. The minimum Gasteiger partial charge on any atom is -0.460 e. The summed E-state index contributed by atoms with van der Waals surface area (Å²) in [6.07, 6.45) is 6.32. The number of fused-ring (bicyclic) bond motifs is 1. The molecule has 0 saturated heterocycles. The van der Waals surface area contributed by atoms with Crippen molar-refractivity contribution in [2.75, 3.05) is 19.9 Å². The first-order chi connectivity index (χ1) is 10.4. The SMILES string of the molecule is OCCN(COc1nsc2ccccc12)C1CCCCC1. The first-order valence-electron chi connectivity index (χ1n) is 7.70. The summed E-state index contributed by atoms with van der Waals surface area (Å²) in [4.78, 5) is 2.26. The van der Waals surface area contributed by atoms with Crippen LogP contribution in [0.15, 0.2) is 24.3 Å². The summed E-state index contributed by atoms with van der Waals surface area (Å²) < 4.78 is 11.5. The molecule has 3 rings (SSSR count). The van der Waals surface area contributed by atoms with Gasteiger partial charge in [-0.1, -0.05) is 31.4 Å². The maximum atomic E-state index is 9.29. The van der Waals surface area contributed by atoms with E-state index in [2.05, 4.69) is 15.3 Å². The zero-order valence-electron chi connectivity index (χ0n) is 12.2. The van der Waals surface area contributed by atoms with E-state index in [0.717, 1.165) is 10.1 Å². The number of hydrogen-bond donors (Lipinski definition) is 1. The van der Waals surface area contributed by atoms with E-state index in [1.165, 1.54) is 43.6 Å². The van der Waals surface area contributed by atoms with Crippen molar-refractivity contribution in [2.24, 2.45) is 0 Å². The van der Waals surface area contributed by atoms with Crippen LogP contribution in [-0.2, 0) is 0 Å². The molecule has 1 aliphatic carbocycles. The first kappa shape index (κ1) is 14.8. The summed E-state index contributed by atoms with van der Waals surface area (Å²) in [6, 6.07) is 8.67. The molecule has 114 valence electrons. The minimum absolute atomic E-state index is 0.178. The molecular formula is C16H22N2O2S. The van der Waals surface area contributed by atoms with E-state index < -0.39 is 0 Å². The highest BCUT2D eigenvalue weighted by Gasteiger charge is 2.21. The molecule has 1 fully saturated rings. The van der Waals surface area contributed by atoms with Crippen LogP contribution >= 0.6 is 11.5 Å². The van der Waals surface area contributed by atoms with Crippen LogP contribution in [0.5, 0.6) is 5.88 Å². The second-order valence-corrected chi connectivity index (χ2v) is 6.39. The van der Waals surface area contributed by atoms with Crippen LogP contribution in [0, 0.1) is 0 Å². The van der Waals surface area contributed by atoms with E-state index in [1.807, 2.05) is 18.2 Å². The number of benzene rings is 1. The van der Waals surface area contributed by atoms with Crippen LogP contribution in [0.25, 0.3) is 10.1 Å². The molecule has 5 heteroatoms. The molecule has 1 aromatic heterocycles. The monoisotopic (exact) mass is 306 g/mol. The van der Waals surface area contributed by atoms with E-state index in [0.29, 0.717) is 25.2 Å². The van der Waals surface area contributed by atoms with Crippen molar-refractivity contribution in [1.82, 2.24) is 9.27 Å². The van der Waals surface area contributed by atoms with E-state index in [1.54, 1.807) is 0 Å². The Hall–Kier alpha value is -1.17. The lowest BCUT2D eigenvalue weighted by Crippen LogP contribution is -2.41. The number of aliphatic hydroxyl groups is 1. The molecule has 1 heterocycles. The highest BCUT2D eigenvalue weighted by molar-refractivity contribution is 7.13. The molecule has 0 aliphatic heterocycles. The van der Waals surface area contributed by atoms with Crippen molar-refractivity contribution in [3.8, 4) is 5.88 Å². The smallest absolute Gasteiger partial charge is 0.234 e. The standard InChI is InChI=1S/C16H22N2O2S/c19-11-10-18(13-6-2-1-3-7-13)12-20-16-14-8-4-5-9-15(14)21-17-16/h4-5,8-9,13,19H,1-3,6-7,10-12H2. The van der Waals surface area contributed by atoms with Gasteiger partial charge in [-0.3, -0.25) is 4.90 Å². The molecule has 0 radical (unpaired) electrons. The molecule has 2 aromatic rings. The lowest BCUT2D eigenvalue weighted by Gasteiger charge is -2.33. The Morgan fingerprint density at radius 3 is 2.86 bits per heavy atom. The van der Waals surface area contributed by atoms with E-state index in [4.69, 9.17) is 4.74 Å².